The second kappa shape index (κ2) is 7.94. The molecule has 0 saturated carbocycles. The summed E-state index contributed by atoms with van der Waals surface area (Å²) < 4.78 is 27.2. The Morgan fingerprint density at radius 2 is 1.74 bits per heavy atom. The number of benzene rings is 1. The van der Waals surface area contributed by atoms with Crippen molar-refractivity contribution in [1.82, 2.24) is 19.8 Å². The van der Waals surface area contributed by atoms with E-state index in [4.69, 9.17) is 0 Å². The van der Waals surface area contributed by atoms with Crippen molar-refractivity contribution in [2.75, 3.05) is 26.2 Å². The van der Waals surface area contributed by atoms with Crippen molar-refractivity contribution >= 4 is 27.9 Å². The molecular weight excluding hydrogens is 422 g/mol. The first-order valence-corrected chi connectivity index (χ1v) is 11.6. The number of amides is 4. The lowest BCUT2D eigenvalue weighted by molar-refractivity contribution is -0.140. The Labute approximate surface area is 180 Å². The largest absolute Gasteiger partial charge is 0.342 e. The van der Waals surface area contributed by atoms with Gasteiger partial charge in [-0.2, -0.15) is 9.57 Å². The summed E-state index contributed by atoms with van der Waals surface area (Å²) in [7, 11) is -3.80. The monoisotopic (exact) mass is 445 g/mol. The molecule has 0 unspecified atom stereocenters. The number of hydrogen-bond donors (Lipinski definition) is 2. The molecule has 1 aromatic carbocycles. The van der Waals surface area contributed by atoms with Crippen molar-refractivity contribution in [3.63, 3.8) is 0 Å². The third-order valence-electron chi connectivity index (χ3n) is 6.37. The zero-order valence-corrected chi connectivity index (χ0v) is 17.7. The van der Waals surface area contributed by atoms with E-state index in [2.05, 4.69) is 10.6 Å². The molecule has 0 atom stereocenters. The van der Waals surface area contributed by atoms with Gasteiger partial charge in [0.25, 0.3) is 5.91 Å². The highest BCUT2D eigenvalue weighted by atomic mass is 32.2. The highest BCUT2D eigenvalue weighted by Crippen LogP contribution is 2.30. The number of nitriles is 1. The molecular formula is C20H23N5O5S. The van der Waals surface area contributed by atoms with E-state index in [0.717, 1.165) is 0 Å². The van der Waals surface area contributed by atoms with Crippen molar-refractivity contribution in [3.05, 3.63) is 29.8 Å². The quantitative estimate of drug-likeness (QED) is 0.635. The molecule has 0 bridgehead atoms. The SMILES string of the molecule is N#Cc1ccccc1S(=O)(=O)N1CCC(C(=O)N2CCC3(CC2)NC(=O)NC3=O)CC1. The van der Waals surface area contributed by atoms with Gasteiger partial charge >= 0.3 is 6.03 Å². The van der Waals surface area contributed by atoms with Gasteiger partial charge in [-0.3, -0.25) is 14.9 Å². The third-order valence-corrected chi connectivity index (χ3v) is 8.33. The number of piperidine rings is 2. The fourth-order valence-corrected chi connectivity index (χ4v) is 6.13. The summed E-state index contributed by atoms with van der Waals surface area (Å²) >= 11 is 0. The Bertz CT molecular complexity index is 1060. The number of urea groups is 1. The zero-order chi connectivity index (χ0) is 22.2. The van der Waals surface area contributed by atoms with E-state index in [1.54, 1.807) is 17.0 Å². The molecule has 1 spiro atoms. The number of nitrogens with one attached hydrogen (secondary N) is 2. The summed E-state index contributed by atoms with van der Waals surface area (Å²) in [6.07, 6.45) is 1.50. The molecule has 10 nitrogen and oxygen atoms in total. The average Bonchev–Trinajstić information content (AvgIpc) is 3.06. The molecule has 3 aliphatic rings. The number of sulfonamides is 1. The Morgan fingerprint density at radius 1 is 1.10 bits per heavy atom. The van der Waals surface area contributed by atoms with Crippen LogP contribution in [0.15, 0.2) is 29.2 Å². The minimum Gasteiger partial charge on any atom is -0.342 e. The Morgan fingerprint density at radius 3 is 2.32 bits per heavy atom. The van der Waals surface area contributed by atoms with Crippen LogP contribution in [0.5, 0.6) is 0 Å². The number of carbonyl (C=O) groups excluding carboxylic acids is 3. The zero-order valence-electron chi connectivity index (χ0n) is 16.8. The first kappa shape index (κ1) is 21.3. The van der Waals surface area contributed by atoms with Crippen LogP contribution in [0.4, 0.5) is 4.79 Å². The van der Waals surface area contributed by atoms with Gasteiger partial charge in [0.05, 0.1) is 10.5 Å². The smallest absolute Gasteiger partial charge is 0.322 e. The number of likely N-dealkylation sites (tertiary alicyclic amines) is 1. The van der Waals surface area contributed by atoms with Crippen molar-refractivity contribution in [1.29, 1.82) is 5.26 Å². The van der Waals surface area contributed by atoms with Crippen LogP contribution in [0.2, 0.25) is 0 Å². The summed E-state index contributed by atoms with van der Waals surface area (Å²) in [5, 5.41) is 14.1. The lowest BCUT2D eigenvalue weighted by atomic mass is 9.86. The summed E-state index contributed by atoms with van der Waals surface area (Å²) in [4.78, 5) is 38.1. The summed E-state index contributed by atoms with van der Waals surface area (Å²) in [6, 6.07) is 7.51. The number of rotatable bonds is 3. The molecule has 0 aromatic heterocycles. The van der Waals surface area contributed by atoms with Gasteiger partial charge in [-0.25, -0.2) is 13.2 Å². The lowest BCUT2D eigenvalue weighted by Gasteiger charge is -2.39. The highest BCUT2D eigenvalue weighted by Gasteiger charge is 2.49. The molecule has 164 valence electrons. The summed E-state index contributed by atoms with van der Waals surface area (Å²) in [5.41, 5.74) is -0.828. The highest BCUT2D eigenvalue weighted by molar-refractivity contribution is 7.89. The van der Waals surface area contributed by atoms with Crippen molar-refractivity contribution in [2.24, 2.45) is 5.92 Å². The van der Waals surface area contributed by atoms with Crippen LogP contribution in [0.1, 0.15) is 31.2 Å². The van der Waals surface area contributed by atoms with Crippen LogP contribution >= 0.6 is 0 Å². The predicted octanol–water partition coefficient (Wildman–Crippen LogP) is 0.160. The van der Waals surface area contributed by atoms with Crippen molar-refractivity contribution < 1.29 is 22.8 Å². The average molecular weight is 446 g/mol. The third kappa shape index (κ3) is 3.77. The second-order valence-electron chi connectivity index (χ2n) is 8.10. The normalized spacial score (nSPS) is 22.1. The van der Waals surface area contributed by atoms with Gasteiger partial charge in [0.2, 0.25) is 15.9 Å². The molecule has 11 heteroatoms. The molecule has 31 heavy (non-hydrogen) atoms. The van der Waals surface area contributed by atoms with E-state index in [1.807, 2.05) is 6.07 Å². The van der Waals surface area contributed by atoms with E-state index in [-0.39, 0.29) is 41.3 Å². The summed E-state index contributed by atoms with van der Waals surface area (Å²) in [6.45, 7) is 1.13. The fourth-order valence-electron chi connectivity index (χ4n) is 4.51. The minimum atomic E-state index is -3.80. The molecule has 3 aliphatic heterocycles. The number of imide groups is 1. The minimum absolute atomic E-state index is 0.0134. The van der Waals surface area contributed by atoms with E-state index in [0.29, 0.717) is 38.8 Å². The van der Waals surface area contributed by atoms with E-state index in [1.165, 1.54) is 16.4 Å². The maximum absolute atomic E-state index is 13.0. The summed E-state index contributed by atoms with van der Waals surface area (Å²) in [5.74, 6) is -0.687. The predicted molar refractivity (Wildman–Crippen MR) is 108 cm³/mol. The second-order valence-corrected chi connectivity index (χ2v) is 10.0. The molecule has 4 amide bonds. The maximum Gasteiger partial charge on any atom is 0.322 e. The molecule has 3 saturated heterocycles. The molecule has 4 rings (SSSR count). The van der Waals surface area contributed by atoms with E-state index in [9.17, 15) is 28.1 Å². The molecule has 0 radical (unpaired) electrons. The number of nitrogens with zero attached hydrogens (tertiary/aromatic N) is 3. The van der Waals surface area contributed by atoms with Gasteiger partial charge in [0.15, 0.2) is 0 Å². The Hall–Kier alpha value is -2.97. The first-order chi connectivity index (χ1) is 14.8. The molecule has 0 aliphatic carbocycles. The van der Waals surface area contributed by atoms with Crippen LogP contribution in [0.25, 0.3) is 0 Å². The van der Waals surface area contributed by atoms with E-state index >= 15 is 0 Å². The first-order valence-electron chi connectivity index (χ1n) is 10.2. The van der Waals surface area contributed by atoms with Gasteiger partial charge in [0, 0.05) is 32.1 Å². The van der Waals surface area contributed by atoms with Crippen LogP contribution in [-0.4, -0.2) is 67.2 Å². The van der Waals surface area contributed by atoms with E-state index < -0.39 is 21.6 Å². The molecule has 2 N–H and O–H groups in total. The van der Waals surface area contributed by atoms with Crippen LogP contribution in [0, 0.1) is 17.2 Å². The van der Waals surface area contributed by atoms with Gasteiger partial charge in [0.1, 0.15) is 11.6 Å². The molecule has 3 heterocycles. The number of hydrogen-bond acceptors (Lipinski definition) is 6. The Kier molecular flexibility index (Phi) is 5.45. The van der Waals surface area contributed by atoms with Gasteiger partial charge < -0.3 is 10.2 Å². The van der Waals surface area contributed by atoms with Gasteiger partial charge in [-0.15, -0.1) is 0 Å². The lowest BCUT2D eigenvalue weighted by Crippen LogP contribution is -2.56. The van der Waals surface area contributed by atoms with Gasteiger partial charge in [-0.05, 0) is 37.8 Å². The van der Waals surface area contributed by atoms with Crippen LogP contribution < -0.4 is 10.6 Å². The van der Waals surface area contributed by atoms with Gasteiger partial charge in [-0.1, -0.05) is 12.1 Å². The Balaban J connectivity index is 1.36. The van der Waals surface area contributed by atoms with Crippen molar-refractivity contribution in [2.45, 2.75) is 36.1 Å². The molecule has 1 aromatic rings. The maximum atomic E-state index is 13.0. The van der Waals surface area contributed by atoms with Crippen molar-refractivity contribution in [3.8, 4) is 6.07 Å². The van der Waals surface area contributed by atoms with Crippen LogP contribution in [-0.2, 0) is 19.6 Å². The van der Waals surface area contributed by atoms with Crippen LogP contribution in [0.3, 0.4) is 0 Å². The fraction of sp³-hybridized carbons (Fsp3) is 0.500. The topological polar surface area (TPSA) is 140 Å². The standard InChI is InChI=1S/C20H23N5O5S/c21-13-15-3-1-2-4-16(15)31(29,30)25-9-5-14(6-10-25)17(26)24-11-7-20(8-12-24)18(27)22-19(28)23-20/h1-4,14H,5-12H2,(H2,22,23,27,28). The number of carbonyl (C=O) groups is 3. The molecule has 3 fully saturated rings.